The Morgan fingerprint density at radius 3 is 3.00 bits per heavy atom. The number of unbranched alkanes of at least 4 members (excludes halogenated alkanes) is 1. The van der Waals surface area contributed by atoms with Gasteiger partial charge in [-0.3, -0.25) is 0 Å². The summed E-state index contributed by atoms with van der Waals surface area (Å²) in [6.07, 6.45) is 8.36. The second-order valence-electron chi connectivity index (χ2n) is 2.56. The quantitative estimate of drug-likeness (QED) is 0.557. The summed E-state index contributed by atoms with van der Waals surface area (Å²) in [7, 11) is 0. The lowest BCUT2D eigenvalue weighted by Gasteiger charge is -2.13. The fourth-order valence-corrected chi connectivity index (χ4v) is 1.09. The Kier molecular flexibility index (Phi) is 2.62. The van der Waals surface area contributed by atoms with Crippen molar-refractivity contribution in [2.75, 3.05) is 13.1 Å². The van der Waals surface area contributed by atoms with E-state index in [9.17, 15) is 0 Å². The molecular formula is C8H15N. The maximum Gasteiger partial charge on any atom is 0.0207 e. The van der Waals surface area contributed by atoms with Crippen molar-refractivity contribution in [3.8, 4) is 0 Å². The number of hydrogen-bond donors (Lipinski definition) is 0. The molecule has 9 heavy (non-hydrogen) atoms. The molecule has 0 N–H and O–H groups in total. The van der Waals surface area contributed by atoms with Gasteiger partial charge in [0.05, 0.1) is 0 Å². The van der Waals surface area contributed by atoms with Crippen molar-refractivity contribution in [2.45, 2.75) is 26.2 Å². The zero-order valence-corrected chi connectivity index (χ0v) is 6.14. The zero-order chi connectivity index (χ0) is 6.53. The van der Waals surface area contributed by atoms with Gasteiger partial charge in [-0.05, 0) is 19.0 Å². The maximum atomic E-state index is 2.39. The van der Waals surface area contributed by atoms with Crippen LogP contribution in [0, 0.1) is 0 Å². The van der Waals surface area contributed by atoms with Gasteiger partial charge in [0.15, 0.2) is 0 Å². The first-order chi connectivity index (χ1) is 4.43. The highest BCUT2D eigenvalue weighted by Gasteiger charge is 2.00. The molecule has 1 heterocycles. The Balaban J connectivity index is 2.05. The molecule has 52 valence electrons. The highest BCUT2D eigenvalue weighted by atomic mass is 15.1. The van der Waals surface area contributed by atoms with Crippen LogP contribution < -0.4 is 0 Å². The Morgan fingerprint density at radius 2 is 2.44 bits per heavy atom. The molecule has 1 aliphatic heterocycles. The molecule has 0 aliphatic carbocycles. The van der Waals surface area contributed by atoms with Crippen LogP contribution in [0.3, 0.4) is 0 Å². The highest BCUT2D eigenvalue weighted by Crippen LogP contribution is 2.04. The van der Waals surface area contributed by atoms with Crippen LogP contribution in [0.2, 0.25) is 0 Å². The fraction of sp³-hybridized carbons (Fsp3) is 0.750. The molecule has 0 aromatic rings. The lowest BCUT2D eigenvalue weighted by Crippen LogP contribution is -2.15. The van der Waals surface area contributed by atoms with Gasteiger partial charge >= 0.3 is 0 Å². The van der Waals surface area contributed by atoms with Crippen LogP contribution >= 0.6 is 0 Å². The molecule has 0 spiro atoms. The number of rotatable bonds is 3. The predicted octanol–water partition coefficient (Wildman–Crippen LogP) is 2.01. The summed E-state index contributed by atoms with van der Waals surface area (Å²) in [6.45, 7) is 4.74. The summed E-state index contributed by atoms with van der Waals surface area (Å²) in [6, 6.07) is 0. The molecule has 0 unspecified atom stereocenters. The van der Waals surface area contributed by atoms with E-state index in [0.717, 1.165) is 0 Å². The second kappa shape index (κ2) is 3.54. The van der Waals surface area contributed by atoms with Gasteiger partial charge in [0.25, 0.3) is 0 Å². The summed E-state index contributed by atoms with van der Waals surface area (Å²) in [5.41, 5.74) is 0. The van der Waals surface area contributed by atoms with Gasteiger partial charge in [-0.1, -0.05) is 19.4 Å². The van der Waals surface area contributed by atoms with Gasteiger partial charge in [-0.25, -0.2) is 0 Å². The van der Waals surface area contributed by atoms with Crippen LogP contribution in [0.4, 0.5) is 0 Å². The molecule has 0 amide bonds. The predicted molar refractivity (Wildman–Crippen MR) is 40.2 cm³/mol. The van der Waals surface area contributed by atoms with Crippen LogP contribution in [0.5, 0.6) is 0 Å². The zero-order valence-electron chi connectivity index (χ0n) is 6.14. The number of hydrogen-bond acceptors (Lipinski definition) is 1. The van der Waals surface area contributed by atoms with Crippen molar-refractivity contribution in [1.29, 1.82) is 0 Å². The molecule has 1 aliphatic rings. The maximum absolute atomic E-state index is 2.39. The largest absolute Gasteiger partial charge is 0.377 e. The normalized spacial score (nSPS) is 17.2. The third kappa shape index (κ3) is 2.08. The molecule has 1 rings (SSSR count). The monoisotopic (exact) mass is 125 g/mol. The molecule has 0 bridgehead atoms. The Labute approximate surface area is 57.4 Å². The van der Waals surface area contributed by atoms with E-state index in [1.165, 1.54) is 32.4 Å². The minimum Gasteiger partial charge on any atom is -0.377 e. The summed E-state index contributed by atoms with van der Waals surface area (Å²) >= 11 is 0. The fourth-order valence-electron chi connectivity index (χ4n) is 1.09. The van der Waals surface area contributed by atoms with E-state index >= 15 is 0 Å². The van der Waals surface area contributed by atoms with Crippen molar-refractivity contribution < 1.29 is 0 Å². The van der Waals surface area contributed by atoms with Crippen LogP contribution in [0.15, 0.2) is 12.3 Å². The van der Waals surface area contributed by atoms with E-state index in [-0.39, 0.29) is 0 Å². The van der Waals surface area contributed by atoms with Crippen LogP contribution in [-0.2, 0) is 0 Å². The van der Waals surface area contributed by atoms with Gasteiger partial charge in [0.1, 0.15) is 0 Å². The Bertz CT molecular complexity index is 96.7. The van der Waals surface area contributed by atoms with Gasteiger partial charge in [-0.15, -0.1) is 0 Å². The second-order valence-corrected chi connectivity index (χ2v) is 2.56. The smallest absolute Gasteiger partial charge is 0.0207 e. The minimum atomic E-state index is 1.25. The van der Waals surface area contributed by atoms with E-state index in [4.69, 9.17) is 0 Å². The third-order valence-corrected chi connectivity index (χ3v) is 1.70. The van der Waals surface area contributed by atoms with Gasteiger partial charge in [-0.2, -0.15) is 0 Å². The topological polar surface area (TPSA) is 3.24 Å². The van der Waals surface area contributed by atoms with Gasteiger partial charge < -0.3 is 4.90 Å². The summed E-state index contributed by atoms with van der Waals surface area (Å²) in [5, 5.41) is 0. The first kappa shape index (κ1) is 6.66. The third-order valence-electron chi connectivity index (χ3n) is 1.70. The van der Waals surface area contributed by atoms with Crippen LogP contribution in [-0.4, -0.2) is 18.0 Å². The Morgan fingerprint density at radius 1 is 1.56 bits per heavy atom. The molecule has 0 saturated carbocycles. The van der Waals surface area contributed by atoms with E-state index in [2.05, 4.69) is 24.1 Å². The lowest BCUT2D eigenvalue weighted by molar-refractivity contribution is 0.396. The van der Waals surface area contributed by atoms with Crippen LogP contribution in [0.25, 0.3) is 0 Å². The standard InChI is InChI=1S/C8H15N/c1-2-3-6-9-7-4-5-8-9/h4,7H,2-3,5-6,8H2,1H3. The molecule has 0 atom stereocenters. The summed E-state index contributed by atoms with van der Waals surface area (Å²) in [4.78, 5) is 2.39. The first-order valence-electron chi connectivity index (χ1n) is 3.84. The van der Waals surface area contributed by atoms with Crippen molar-refractivity contribution in [3.05, 3.63) is 12.3 Å². The number of nitrogens with zero attached hydrogens (tertiary/aromatic N) is 1. The molecule has 1 nitrogen and oxygen atoms in total. The summed E-state index contributed by atoms with van der Waals surface area (Å²) in [5.74, 6) is 0. The first-order valence-corrected chi connectivity index (χ1v) is 3.84. The van der Waals surface area contributed by atoms with Crippen molar-refractivity contribution in [3.63, 3.8) is 0 Å². The molecular weight excluding hydrogens is 110 g/mol. The Hall–Kier alpha value is -0.460. The van der Waals surface area contributed by atoms with E-state index in [1.807, 2.05) is 0 Å². The molecule has 0 fully saturated rings. The van der Waals surface area contributed by atoms with Crippen molar-refractivity contribution in [1.82, 2.24) is 4.90 Å². The van der Waals surface area contributed by atoms with Crippen LogP contribution in [0.1, 0.15) is 26.2 Å². The average molecular weight is 125 g/mol. The van der Waals surface area contributed by atoms with Gasteiger partial charge in [0.2, 0.25) is 0 Å². The SMILES string of the molecule is CCCCN1C=CCC1. The highest BCUT2D eigenvalue weighted by molar-refractivity contribution is 4.90. The van der Waals surface area contributed by atoms with E-state index < -0.39 is 0 Å². The van der Waals surface area contributed by atoms with Crippen molar-refractivity contribution >= 4 is 0 Å². The summed E-state index contributed by atoms with van der Waals surface area (Å²) < 4.78 is 0. The van der Waals surface area contributed by atoms with Gasteiger partial charge in [0, 0.05) is 13.1 Å². The molecule has 0 aromatic heterocycles. The van der Waals surface area contributed by atoms with E-state index in [1.54, 1.807) is 0 Å². The average Bonchev–Trinajstić information content (AvgIpc) is 2.34. The molecule has 0 aromatic carbocycles. The van der Waals surface area contributed by atoms with Crippen molar-refractivity contribution in [2.24, 2.45) is 0 Å². The minimum absolute atomic E-state index is 1.25. The lowest BCUT2D eigenvalue weighted by atomic mass is 10.3. The molecule has 1 heteroatoms. The molecule has 0 saturated heterocycles. The van der Waals surface area contributed by atoms with E-state index in [0.29, 0.717) is 0 Å². The molecule has 0 radical (unpaired) electrons.